The summed E-state index contributed by atoms with van der Waals surface area (Å²) in [7, 11) is 0. The van der Waals surface area contributed by atoms with Crippen LogP contribution in [0, 0.1) is 0 Å². The number of rotatable bonds is 6. The molecule has 0 saturated carbocycles. The van der Waals surface area contributed by atoms with Crippen molar-refractivity contribution in [3.05, 3.63) is 34.4 Å². The molecule has 98 valence electrons. The topological polar surface area (TPSA) is 25.2 Å². The molecule has 0 spiro atoms. The molecule has 0 atom stereocenters. The van der Waals surface area contributed by atoms with E-state index in [0.29, 0.717) is 0 Å². The number of benzene rings is 1. The predicted molar refractivity (Wildman–Crippen MR) is 80.0 cm³/mol. The Morgan fingerprint density at radius 3 is 2.83 bits per heavy atom. The second kappa shape index (κ2) is 6.39. The number of aromatic nitrogens is 1. The Bertz CT molecular complexity index is 518. The van der Waals surface area contributed by atoms with Gasteiger partial charge in [0.15, 0.2) is 0 Å². The average Bonchev–Trinajstić information content (AvgIpc) is 2.71. The van der Waals surface area contributed by atoms with Crippen LogP contribution in [-0.4, -0.2) is 16.3 Å². The molecule has 1 heterocycles. The predicted octanol–water partition coefficient (Wildman–Crippen LogP) is 4.13. The summed E-state index contributed by atoms with van der Waals surface area (Å²) in [5, 5.41) is 10.3. The van der Waals surface area contributed by atoms with Crippen LogP contribution in [0.15, 0.2) is 28.9 Å². The summed E-state index contributed by atoms with van der Waals surface area (Å²) in [6.45, 7) is 3.55. The quantitative estimate of drug-likeness (QED) is 0.853. The lowest BCUT2D eigenvalue weighted by Gasteiger charge is -2.03. The fourth-order valence-corrected chi connectivity index (χ4v) is 2.69. The molecule has 2 nitrogen and oxygen atoms in total. The van der Waals surface area contributed by atoms with Gasteiger partial charge in [0.1, 0.15) is 0 Å². The van der Waals surface area contributed by atoms with E-state index in [9.17, 15) is 0 Å². The number of aliphatic hydroxyl groups excluding tert-OH is 1. The molecule has 0 unspecified atom stereocenters. The zero-order chi connectivity index (χ0) is 13.0. The lowest BCUT2D eigenvalue weighted by molar-refractivity contribution is 0.288. The van der Waals surface area contributed by atoms with Crippen molar-refractivity contribution >= 4 is 26.8 Å². The number of aliphatic hydroxyl groups is 1. The highest BCUT2D eigenvalue weighted by atomic mass is 79.9. The van der Waals surface area contributed by atoms with Gasteiger partial charge in [-0.2, -0.15) is 0 Å². The molecule has 0 saturated heterocycles. The van der Waals surface area contributed by atoms with Gasteiger partial charge in [-0.3, -0.25) is 0 Å². The summed E-state index contributed by atoms with van der Waals surface area (Å²) in [5.41, 5.74) is 2.65. The molecular formula is C15H20BrNO. The van der Waals surface area contributed by atoms with Crippen molar-refractivity contribution in [2.75, 3.05) is 6.61 Å². The molecule has 0 amide bonds. The fraction of sp³-hybridized carbons (Fsp3) is 0.467. The standard InChI is InChI=1S/C15H20BrNO/c1-2-3-8-17-11-12(5-4-9-18)14-10-13(16)6-7-15(14)17/h6-7,10-11,18H,2-5,8-9H2,1H3. The van der Waals surface area contributed by atoms with Gasteiger partial charge in [0, 0.05) is 34.7 Å². The smallest absolute Gasteiger partial charge is 0.0483 e. The molecule has 2 aromatic rings. The number of aryl methyl sites for hydroxylation is 2. The lowest BCUT2D eigenvalue weighted by atomic mass is 10.1. The number of fused-ring (bicyclic) bond motifs is 1. The van der Waals surface area contributed by atoms with Gasteiger partial charge in [-0.25, -0.2) is 0 Å². The number of hydrogen-bond donors (Lipinski definition) is 1. The first kappa shape index (κ1) is 13.6. The normalized spacial score (nSPS) is 11.3. The second-order valence-corrected chi connectivity index (χ2v) is 5.61. The largest absolute Gasteiger partial charge is 0.396 e. The van der Waals surface area contributed by atoms with Crippen molar-refractivity contribution in [2.24, 2.45) is 0 Å². The maximum Gasteiger partial charge on any atom is 0.0483 e. The summed E-state index contributed by atoms with van der Waals surface area (Å²) in [4.78, 5) is 0. The molecule has 0 aliphatic heterocycles. The molecule has 1 aromatic carbocycles. The SMILES string of the molecule is CCCCn1cc(CCCO)c2cc(Br)ccc21. The fourth-order valence-electron chi connectivity index (χ4n) is 2.33. The monoisotopic (exact) mass is 309 g/mol. The minimum absolute atomic E-state index is 0.260. The van der Waals surface area contributed by atoms with Gasteiger partial charge in [0.2, 0.25) is 0 Å². The van der Waals surface area contributed by atoms with Crippen LogP contribution < -0.4 is 0 Å². The molecule has 2 rings (SSSR count). The molecule has 3 heteroatoms. The highest BCUT2D eigenvalue weighted by Crippen LogP contribution is 2.26. The van der Waals surface area contributed by atoms with E-state index in [-0.39, 0.29) is 6.61 Å². The molecule has 18 heavy (non-hydrogen) atoms. The second-order valence-electron chi connectivity index (χ2n) is 4.69. The molecule has 0 aliphatic rings. The molecule has 0 bridgehead atoms. The van der Waals surface area contributed by atoms with Crippen LogP contribution in [0.3, 0.4) is 0 Å². The Morgan fingerprint density at radius 2 is 2.11 bits per heavy atom. The number of nitrogens with zero attached hydrogens (tertiary/aromatic N) is 1. The summed E-state index contributed by atoms with van der Waals surface area (Å²) >= 11 is 3.54. The van der Waals surface area contributed by atoms with Crippen LogP contribution in [0.1, 0.15) is 31.7 Å². The molecular weight excluding hydrogens is 290 g/mol. The van der Waals surface area contributed by atoms with E-state index < -0.39 is 0 Å². The third-order valence-electron chi connectivity index (χ3n) is 3.28. The number of halogens is 1. The van der Waals surface area contributed by atoms with Gasteiger partial charge in [0.05, 0.1) is 0 Å². The van der Waals surface area contributed by atoms with Crippen LogP contribution in [0.25, 0.3) is 10.9 Å². The minimum atomic E-state index is 0.260. The van der Waals surface area contributed by atoms with Crippen LogP contribution in [0.4, 0.5) is 0 Å². The Hall–Kier alpha value is -0.800. The Balaban J connectivity index is 2.39. The van der Waals surface area contributed by atoms with Crippen molar-refractivity contribution in [1.82, 2.24) is 4.57 Å². The first-order chi connectivity index (χ1) is 8.76. The van der Waals surface area contributed by atoms with Crippen molar-refractivity contribution in [1.29, 1.82) is 0 Å². The summed E-state index contributed by atoms with van der Waals surface area (Å²) in [6, 6.07) is 6.46. The average molecular weight is 310 g/mol. The van der Waals surface area contributed by atoms with E-state index >= 15 is 0 Å². The van der Waals surface area contributed by atoms with Crippen LogP contribution in [-0.2, 0) is 13.0 Å². The third kappa shape index (κ3) is 2.96. The molecule has 0 fully saturated rings. The Morgan fingerprint density at radius 1 is 1.28 bits per heavy atom. The van der Waals surface area contributed by atoms with Gasteiger partial charge in [-0.15, -0.1) is 0 Å². The van der Waals surface area contributed by atoms with E-state index in [1.807, 2.05) is 0 Å². The van der Waals surface area contributed by atoms with E-state index in [1.165, 1.54) is 29.3 Å². The van der Waals surface area contributed by atoms with Gasteiger partial charge in [0.25, 0.3) is 0 Å². The highest BCUT2D eigenvalue weighted by molar-refractivity contribution is 9.10. The lowest BCUT2D eigenvalue weighted by Crippen LogP contribution is -1.95. The van der Waals surface area contributed by atoms with Gasteiger partial charge >= 0.3 is 0 Å². The minimum Gasteiger partial charge on any atom is -0.396 e. The molecule has 1 N–H and O–H groups in total. The molecule has 0 radical (unpaired) electrons. The number of hydrogen-bond acceptors (Lipinski definition) is 1. The maximum absolute atomic E-state index is 8.99. The van der Waals surface area contributed by atoms with Crippen LogP contribution in [0.5, 0.6) is 0 Å². The zero-order valence-corrected chi connectivity index (χ0v) is 12.4. The number of unbranched alkanes of at least 4 members (excludes halogenated alkanes) is 1. The van der Waals surface area contributed by atoms with Crippen molar-refractivity contribution in [3.63, 3.8) is 0 Å². The van der Waals surface area contributed by atoms with Crippen molar-refractivity contribution < 1.29 is 5.11 Å². The molecule has 1 aromatic heterocycles. The Kier molecular flexibility index (Phi) is 4.84. The van der Waals surface area contributed by atoms with Crippen molar-refractivity contribution in [3.8, 4) is 0 Å². The highest BCUT2D eigenvalue weighted by Gasteiger charge is 2.08. The zero-order valence-electron chi connectivity index (χ0n) is 10.8. The first-order valence-electron chi connectivity index (χ1n) is 6.64. The maximum atomic E-state index is 8.99. The van der Waals surface area contributed by atoms with Crippen LogP contribution >= 0.6 is 15.9 Å². The van der Waals surface area contributed by atoms with E-state index in [2.05, 4.69) is 51.8 Å². The third-order valence-corrected chi connectivity index (χ3v) is 3.78. The summed E-state index contributed by atoms with van der Waals surface area (Å²) in [6.07, 6.45) is 6.45. The van der Waals surface area contributed by atoms with E-state index in [1.54, 1.807) is 0 Å². The van der Waals surface area contributed by atoms with E-state index in [4.69, 9.17) is 5.11 Å². The van der Waals surface area contributed by atoms with Gasteiger partial charge < -0.3 is 9.67 Å². The van der Waals surface area contributed by atoms with Gasteiger partial charge in [-0.1, -0.05) is 29.3 Å². The summed E-state index contributed by atoms with van der Waals surface area (Å²) < 4.78 is 3.46. The summed E-state index contributed by atoms with van der Waals surface area (Å²) in [5.74, 6) is 0. The van der Waals surface area contributed by atoms with E-state index in [0.717, 1.165) is 23.9 Å². The first-order valence-corrected chi connectivity index (χ1v) is 7.43. The molecule has 0 aliphatic carbocycles. The van der Waals surface area contributed by atoms with Gasteiger partial charge in [-0.05, 0) is 43.0 Å². The Labute approximate surface area is 117 Å². The van der Waals surface area contributed by atoms with Crippen molar-refractivity contribution in [2.45, 2.75) is 39.2 Å². The van der Waals surface area contributed by atoms with Crippen LogP contribution in [0.2, 0.25) is 0 Å².